The van der Waals surface area contributed by atoms with Crippen LogP contribution in [0.1, 0.15) is 11.3 Å². The molecule has 0 aliphatic heterocycles. The highest BCUT2D eigenvalue weighted by atomic mass is 32.1. The third kappa shape index (κ3) is 2.98. The van der Waals surface area contributed by atoms with Crippen LogP contribution in [0.3, 0.4) is 0 Å². The minimum atomic E-state index is 0.634. The first-order valence-electron chi connectivity index (χ1n) is 4.84. The average molecular weight is 236 g/mol. The third-order valence-electron chi connectivity index (χ3n) is 2.05. The molecule has 0 spiro atoms. The molecule has 2 rings (SSSR count). The van der Waals surface area contributed by atoms with E-state index in [0.717, 1.165) is 24.3 Å². The Morgan fingerprint density at radius 1 is 1.44 bits per heavy atom. The summed E-state index contributed by atoms with van der Waals surface area (Å²) in [5, 5.41) is 9.16. The van der Waals surface area contributed by atoms with Gasteiger partial charge < -0.3 is 10.1 Å². The molecule has 0 bridgehead atoms. The summed E-state index contributed by atoms with van der Waals surface area (Å²) in [7, 11) is 1.61. The van der Waals surface area contributed by atoms with Crippen molar-refractivity contribution < 1.29 is 4.74 Å². The van der Waals surface area contributed by atoms with Crippen LogP contribution >= 0.6 is 11.5 Å². The van der Waals surface area contributed by atoms with Gasteiger partial charge in [-0.05, 0) is 23.2 Å². The van der Waals surface area contributed by atoms with Gasteiger partial charge in [-0.25, -0.2) is 4.98 Å². The van der Waals surface area contributed by atoms with E-state index < -0.39 is 0 Å². The second-order valence-corrected chi connectivity index (χ2v) is 3.82. The fourth-order valence-electron chi connectivity index (χ4n) is 1.27. The number of hydrogen-bond acceptors (Lipinski definition) is 6. The Balaban J connectivity index is 1.85. The summed E-state index contributed by atoms with van der Waals surface area (Å²) < 4.78 is 8.84. The van der Waals surface area contributed by atoms with E-state index >= 15 is 0 Å². The topological polar surface area (TPSA) is 59.9 Å². The Bertz CT molecular complexity index is 432. The predicted molar refractivity (Wildman–Crippen MR) is 61.2 cm³/mol. The van der Waals surface area contributed by atoms with Gasteiger partial charge in [0, 0.05) is 30.7 Å². The van der Waals surface area contributed by atoms with Crippen molar-refractivity contribution in [1.82, 2.24) is 19.9 Å². The molecule has 6 heteroatoms. The highest BCUT2D eigenvalue weighted by Gasteiger charge is 1.98. The third-order valence-corrected chi connectivity index (χ3v) is 2.60. The molecule has 0 saturated carbocycles. The van der Waals surface area contributed by atoms with Crippen molar-refractivity contribution in [2.24, 2.45) is 0 Å². The zero-order valence-electron chi connectivity index (χ0n) is 8.88. The molecular formula is C10H12N4OS. The van der Waals surface area contributed by atoms with Crippen LogP contribution in [0.15, 0.2) is 23.7 Å². The Morgan fingerprint density at radius 3 is 3.12 bits per heavy atom. The predicted octanol–water partition coefficient (Wildman–Crippen LogP) is 1.23. The maximum atomic E-state index is 5.05. The number of methoxy groups -OCH3 is 1. The number of nitrogens with one attached hydrogen (secondary N) is 1. The average Bonchev–Trinajstić information content (AvgIpc) is 2.82. The van der Waals surface area contributed by atoms with Gasteiger partial charge in [-0.3, -0.25) is 0 Å². The fourth-order valence-corrected chi connectivity index (χ4v) is 1.72. The van der Waals surface area contributed by atoms with E-state index in [1.807, 2.05) is 17.5 Å². The summed E-state index contributed by atoms with van der Waals surface area (Å²) in [6.07, 6.45) is 1.74. The van der Waals surface area contributed by atoms with E-state index in [1.165, 1.54) is 11.5 Å². The second-order valence-electron chi connectivity index (χ2n) is 3.21. The Labute approximate surface area is 97.7 Å². The highest BCUT2D eigenvalue weighted by molar-refractivity contribution is 7.03. The molecule has 0 radical (unpaired) electrons. The van der Waals surface area contributed by atoms with Crippen LogP contribution in [0.25, 0.3) is 0 Å². The molecule has 2 aromatic heterocycles. The minimum Gasteiger partial charge on any atom is -0.481 e. The quantitative estimate of drug-likeness (QED) is 0.846. The first-order valence-corrected chi connectivity index (χ1v) is 5.67. The number of nitrogens with zero attached hydrogens (tertiary/aromatic N) is 3. The van der Waals surface area contributed by atoms with Gasteiger partial charge in [-0.15, -0.1) is 5.10 Å². The van der Waals surface area contributed by atoms with E-state index in [1.54, 1.807) is 13.3 Å². The van der Waals surface area contributed by atoms with E-state index in [0.29, 0.717) is 5.88 Å². The summed E-state index contributed by atoms with van der Waals surface area (Å²) in [6.45, 7) is 1.48. The Kier molecular flexibility index (Phi) is 3.79. The molecule has 0 atom stereocenters. The molecule has 0 aromatic carbocycles. The first-order chi connectivity index (χ1) is 7.88. The van der Waals surface area contributed by atoms with Crippen molar-refractivity contribution in [3.63, 3.8) is 0 Å². The lowest BCUT2D eigenvalue weighted by molar-refractivity contribution is 0.397. The monoisotopic (exact) mass is 236 g/mol. The molecule has 2 aromatic rings. The van der Waals surface area contributed by atoms with Gasteiger partial charge in [0.1, 0.15) is 0 Å². The molecule has 0 aliphatic carbocycles. The number of pyridine rings is 1. The molecule has 16 heavy (non-hydrogen) atoms. The number of rotatable bonds is 5. The molecule has 84 valence electrons. The van der Waals surface area contributed by atoms with E-state index in [-0.39, 0.29) is 0 Å². The molecule has 0 fully saturated rings. The van der Waals surface area contributed by atoms with Crippen LogP contribution in [-0.2, 0) is 13.1 Å². The van der Waals surface area contributed by atoms with Crippen LogP contribution in [-0.4, -0.2) is 21.7 Å². The van der Waals surface area contributed by atoms with Crippen LogP contribution in [0.2, 0.25) is 0 Å². The molecule has 2 heterocycles. The summed E-state index contributed by atoms with van der Waals surface area (Å²) in [5.41, 5.74) is 2.10. The fraction of sp³-hybridized carbons (Fsp3) is 0.300. The van der Waals surface area contributed by atoms with E-state index in [2.05, 4.69) is 19.9 Å². The maximum absolute atomic E-state index is 5.05. The standard InChI is InChI=1S/C10H12N4OS/c1-15-10-4-8(2-3-12-10)5-11-6-9-7-16-14-13-9/h2-4,7,11H,5-6H2,1H3. The summed E-state index contributed by atoms with van der Waals surface area (Å²) >= 11 is 1.36. The zero-order valence-corrected chi connectivity index (χ0v) is 9.70. The summed E-state index contributed by atoms with van der Waals surface area (Å²) in [6, 6.07) is 3.86. The van der Waals surface area contributed by atoms with Crippen LogP contribution in [0.5, 0.6) is 5.88 Å². The minimum absolute atomic E-state index is 0.634. The summed E-state index contributed by atoms with van der Waals surface area (Å²) in [4.78, 5) is 4.05. The SMILES string of the molecule is COc1cc(CNCc2csnn2)ccn1. The van der Waals surface area contributed by atoms with Gasteiger partial charge in [0.05, 0.1) is 12.8 Å². The van der Waals surface area contributed by atoms with Gasteiger partial charge in [0.15, 0.2) is 0 Å². The maximum Gasteiger partial charge on any atom is 0.213 e. The largest absolute Gasteiger partial charge is 0.481 e. The van der Waals surface area contributed by atoms with E-state index in [4.69, 9.17) is 4.74 Å². The van der Waals surface area contributed by atoms with Crippen molar-refractivity contribution in [2.45, 2.75) is 13.1 Å². The zero-order chi connectivity index (χ0) is 11.2. The van der Waals surface area contributed by atoms with Crippen molar-refractivity contribution in [3.8, 4) is 5.88 Å². The smallest absolute Gasteiger partial charge is 0.213 e. The molecule has 0 unspecified atom stereocenters. The number of ether oxygens (including phenoxy) is 1. The van der Waals surface area contributed by atoms with Gasteiger partial charge in [-0.1, -0.05) is 4.49 Å². The normalized spacial score (nSPS) is 10.3. The van der Waals surface area contributed by atoms with Gasteiger partial charge in [0.2, 0.25) is 5.88 Å². The molecule has 1 N–H and O–H groups in total. The molecule has 0 aliphatic rings. The molecule has 0 amide bonds. The number of aromatic nitrogens is 3. The van der Waals surface area contributed by atoms with Gasteiger partial charge in [-0.2, -0.15) is 0 Å². The second kappa shape index (κ2) is 5.53. The lowest BCUT2D eigenvalue weighted by Gasteiger charge is -2.04. The van der Waals surface area contributed by atoms with Crippen LogP contribution in [0.4, 0.5) is 0 Å². The summed E-state index contributed by atoms with van der Waals surface area (Å²) in [5.74, 6) is 0.634. The highest BCUT2D eigenvalue weighted by Crippen LogP contribution is 2.08. The van der Waals surface area contributed by atoms with Gasteiger partial charge >= 0.3 is 0 Å². The van der Waals surface area contributed by atoms with Gasteiger partial charge in [0.25, 0.3) is 0 Å². The molecule has 0 saturated heterocycles. The Morgan fingerprint density at radius 2 is 2.38 bits per heavy atom. The number of hydrogen-bond donors (Lipinski definition) is 1. The van der Waals surface area contributed by atoms with Crippen molar-refractivity contribution in [3.05, 3.63) is 35.0 Å². The Hall–Kier alpha value is -1.53. The van der Waals surface area contributed by atoms with E-state index in [9.17, 15) is 0 Å². The molecular weight excluding hydrogens is 224 g/mol. The van der Waals surface area contributed by atoms with Crippen LogP contribution < -0.4 is 10.1 Å². The van der Waals surface area contributed by atoms with Crippen LogP contribution in [0, 0.1) is 0 Å². The molecule has 5 nitrogen and oxygen atoms in total. The first kappa shape index (κ1) is 11.0. The lowest BCUT2D eigenvalue weighted by Crippen LogP contribution is -2.13. The van der Waals surface area contributed by atoms with Crippen molar-refractivity contribution in [1.29, 1.82) is 0 Å². The van der Waals surface area contributed by atoms with Crippen molar-refractivity contribution in [2.75, 3.05) is 7.11 Å². The van der Waals surface area contributed by atoms with Crippen molar-refractivity contribution >= 4 is 11.5 Å². The lowest BCUT2D eigenvalue weighted by atomic mass is 10.2.